The number of carbonyl (C=O) groups is 2. The first-order valence-electron chi connectivity index (χ1n) is 9.50. The molecule has 0 atom stereocenters. The molecule has 1 aromatic heterocycles. The van der Waals surface area contributed by atoms with Gasteiger partial charge in [0.15, 0.2) is 0 Å². The van der Waals surface area contributed by atoms with Gasteiger partial charge in [-0.2, -0.15) is 0 Å². The van der Waals surface area contributed by atoms with E-state index in [0.29, 0.717) is 31.7 Å². The average molecular weight is 370 g/mol. The van der Waals surface area contributed by atoms with E-state index in [-0.39, 0.29) is 17.8 Å². The Hall–Kier alpha value is -2.56. The highest BCUT2D eigenvalue weighted by Gasteiger charge is 2.22. The molecule has 0 radical (unpaired) electrons. The number of aromatic nitrogens is 1. The van der Waals surface area contributed by atoms with Crippen LogP contribution < -0.4 is 0 Å². The molecule has 1 amide bonds. The lowest BCUT2D eigenvalue weighted by Gasteiger charge is -2.24. The summed E-state index contributed by atoms with van der Waals surface area (Å²) in [6.07, 6.45) is 0.496. The zero-order valence-corrected chi connectivity index (χ0v) is 17.0. The number of nitrogens with one attached hydrogen (secondary N) is 1. The van der Waals surface area contributed by atoms with E-state index in [2.05, 4.69) is 4.98 Å². The van der Waals surface area contributed by atoms with Crippen molar-refractivity contribution in [3.05, 3.63) is 58.4 Å². The van der Waals surface area contributed by atoms with Gasteiger partial charge in [-0.1, -0.05) is 44.2 Å². The molecule has 0 aliphatic carbocycles. The average Bonchev–Trinajstić information content (AvgIpc) is 2.88. The molecule has 2 rings (SSSR count). The van der Waals surface area contributed by atoms with Crippen LogP contribution in [-0.4, -0.2) is 28.4 Å². The van der Waals surface area contributed by atoms with Gasteiger partial charge in [-0.05, 0) is 37.8 Å². The predicted octanol–water partition coefficient (Wildman–Crippen LogP) is 4.38. The quantitative estimate of drug-likeness (QED) is 0.701. The van der Waals surface area contributed by atoms with E-state index >= 15 is 0 Å². The van der Waals surface area contributed by atoms with Crippen molar-refractivity contribution < 1.29 is 14.3 Å². The molecule has 0 saturated carbocycles. The maximum Gasteiger partial charge on any atom is 0.340 e. The minimum Gasteiger partial charge on any atom is -0.462 e. The summed E-state index contributed by atoms with van der Waals surface area (Å²) in [7, 11) is 0. The lowest BCUT2D eigenvalue weighted by atomic mass is 10.1. The number of amides is 1. The molecule has 1 heterocycles. The highest BCUT2D eigenvalue weighted by Crippen LogP contribution is 2.22. The lowest BCUT2D eigenvalue weighted by molar-refractivity contribution is -0.133. The fraction of sp³-hybridized carbons (Fsp3) is 0.455. The number of nitrogens with zero attached hydrogens (tertiary/aromatic N) is 1. The molecule has 27 heavy (non-hydrogen) atoms. The van der Waals surface area contributed by atoms with Crippen LogP contribution in [0.15, 0.2) is 30.3 Å². The largest absolute Gasteiger partial charge is 0.462 e. The molecule has 1 aromatic carbocycles. The zero-order chi connectivity index (χ0) is 20.0. The van der Waals surface area contributed by atoms with Gasteiger partial charge in [0.05, 0.1) is 18.7 Å². The summed E-state index contributed by atoms with van der Waals surface area (Å²) in [6.45, 7) is 11.0. The second-order valence-corrected chi connectivity index (χ2v) is 7.28. The molecule has 0 spiro atoms. The smallest absolute Gasteiger partial charge is 0.340 e. The first-order chi connectivity index (χ1) is 12.8. The van der Waals surface area contributed by atoms with E-state index in [4.69, 9.17) is 4.74 Å². The number of carbonyl (C=O) groups excluding carboxylic acids is 2. The van der Waals surface area contributed by atoms with Crippen LogP contribution in [0.25, 0.3) is 0 Å². The van der Waals surface area contributed by atoms with Gasteiger partial charge in [-0.3, -0.25) is 4.79 Å². The second kappa shape index (κ2) is 9.40. The Morgan fingerprint density at radius 3 is 2.37 bits per heavy atom. The van der Waals surface area contributed by atoms with Gasteiger partial charge in [0.2, 0.25) is 5.91 Å². The van der Waals surface area contributed by atoms with Crippen LogP contribution in [0.4, 0.5) is 0 Å². The van der Waals surface area contributed by atoms with Gasteiger partial charge < -0.3 is 14.6 Å². The second-order valence-electron chi connectivity index (χ2n) is 7.28. The number of H-pyrrole nitrogens is 1. The molecule has 0 fully saturated rings. The van der Waals surface area contributed by atoms with Crippen LogP contribution in [0.3, 0.4) is 0 Å². The van der Waals surface area contributed by atoms with Crippen LogP contribution in [0, 0.1) is 19.8 Å². The lowest BCUT2D eigenvalue weighted by Crippen LogP contribution is -2.31. The van der Waals surface area contributed by atoms with Gasteiger partial charge in [-0.25, -0.2) is 4.79 Å². The topological polar surface area (TPSA) is 62.4 Å². The van der Waals surface area contributed by atoms with Crippen molar-refractivity contribution in [1.29, 1.82) is 0 Å². The highest BCUT2D eigenvalue weighted by molar-refractivity contribution is 5.92. The van der Waals surface area contributed by atoms with Crippen LogP contribution in [0.2, 0.25) is 0 Å². The van der Waals surface area contributed by atoms with E-state index in [1.807, 2.05) is 62.9 Å². The van der Waals surface area contributed by atoms with Crippen molar-refractivity contribution in [2.24, 2.45) is 5.92 Å². The van der Waals surface area contributed by atoms with Crippen molar-refractivity contribution >= 4 is 11.9 Å². The van der Waals surface area contributed by atoms with E-state index in [0.717, 1.165) is 22.5 Å². The number of esters is 1. The fourth-order valence-corrected chi connectivity index (χ4v) is 3.19. The van der Waals surface area contributed by atoms with Crippen molar-refractivity contribution in [1.82, 2.24) is 9.88 Å². The Balaban J connectivity index is 2.28. The third-order valence-electron chi connectivity index (χ3n) is 4.52. The van der Waals surface area contributed by atoms with Crippen LogP contribution in [0.1, 0.15) is 60.1 Å². The standard InChI is InChI=1S/C22H30N2O3/c1-6-27-22(26)21-16(4)19(23-17(21)5)14-24(20(25)12-15(2)3)13-18-10-8-7-9-11-18/h7-11,15,23H,6,12-14H2,1-5H3. The van der Waals surface area contributed by atoms with Crippen molar-refractivity contribution in [2.75, 3.05) is 6.61 Å². The van der Waals surface area contributed by atoms with E-state index in [9.17, 15) is 9.59 Å². The van der Waals surface area contributed by atoms with Crippen LogP contribution >= 0.6 is 0 Å². The molecule has 5 nitrogen and oxygen atoms in total. The van der Waals surface area contributed by atoms with Gasteiger partial charge in [-0.15, -0.1) is 0 Å². The fourth-order valence-electron chi connectivity index (χ4n) is 3.19. The van der Waals surface area contributed by atoms with E-state index in [1.165, 1.54) is 0 Å². The van der Waals surface area contributed by atoms with Gasteiger partial charge in [0, 0.05) is 24.4 Å². The molecule has 146 valence electrons. The summed E-state index contributed by atoms with van der Waals surface area (Å²) >= 11 is 0. The molecule has 2 aromatic rings. The third kappa shape index (κ3) is 5.46. The minimum atomic E-state index is -0.321. The summed E-state index contributed by atoms with van der Waals surface area (Å²) in [5, 5.41) is 0. The van der Waals surface area contributed by atoms with Gasteiger partial charge >= 0.3 is 5.97 Å². The van der Waals surface area contributed by atoms with Crippen LogP contribution in [-0.2, 0) is 22.6 Å². The van der Waals surface area contributed by atoms with E-state index < -0.39 is 0 Å². The Kier molecular flexibility index (Phi) is 7.22. The summed E-state index contributed by atoms with van der Waals surface area (Å²) in [5.41, 5.74) is 4.16. The maximum atomic E-state index is 12.8. The first kappa shape index (κ1) is 20.7. The van der Waals surface area contributed by atoms with Crippen molar-refractivity contribution in [3.63, 3.8) is 0 Å². The first-order valence-corrected chi connectivity index (χ1v) is 9.50. The number of hydrogen-bond donors (Lipinski definition) is 1. The normalized spacial score (nSPS) is 10.9. The maximum absolute atomic E-state index is 12.8. The number of ether oxygens (including phenoxy) is 1. The number of aryl methyl sites for hydroxylation is 1. The molecule has 0 unspecified atom stereocenters. The summed E-state index contributed by atoms with van der Waals surface area (Å²) in [5.74, 6) is 0.0775. The van der Waals surface area contributed by atoms with Crippen molar-refractivity contribution in [3.8, 4) is 0 Å². The molecular weight excluding hydrogens is 340 g/mol. The molecule has 0 saturated heterocycles. The Labute approximate surface area is 161 Å². The Bertz CT molecular complexity index is 778. The molecule has 5 heteroatoms. The predicted molar refractivity (Wildman–Crippen MR) is 106 cm³/mol. The molecule has 0 aliphatic heterocycles. The zero-order valence-electron chi connectivity index (χ0n) is 17.0. The number of benzene rings is 1. The van der Waals surface area contributed by atoms with Gasteiger partial charge in [0.1, 0.15) is 0 Å². The van der Waals surface area contributed by atoms with Crippen LogP contribution in [0.5, 0.6) is 0 Å². The van der Waals surface area contributed by atoms with Gasteiger partial charge in [0.25, 0.3) is 0 Å². The molecule has 0 aliphatic rings. The molecule has 0 bridgehead atoms. The summed E-state index contributed by atoms with van der Waals surface area (Å²) in [4.78, 5) is 30.2. The highest BCUT2D eigenvalue weighted by atomic mass is 16.5. The number of rotatable bonds is 8. The summed E-state index contributed by atoms with van der Waals surface area (Å²) in [6, 6.07) is 9.96. The monoisotopic (exact) mass is 370 g/mol. The van der Waals surface area contributed by atoms with Crippen molar-refractivity contribution in [2.45, 2.75) is 54.1 Å². The molecular formula is C22H30N2O3. The number of aromatic amines is 1. The third-order valence-corrected chi connectivity index (χ3v) is 4.52. The van der Waals surface area contributed by atoms with E-state index in [1.54, 1.807) is 6.92 Å². The minimum absolute atomic E-state index is 0.109. The summed E-state index contributed by atoms with van der Waals surface area (Å²) < 4.78 is 5.16. The number of hydrogen-bond acceptors (Lipinski definition) is 3. The molecule has 1 N–H and O–H groups in total. The Morgan fingerprint density at radius 1 is 1.11 bits per heavy atom. The Morgan fingerprint density at radius 2 is 1.78 bits per heavy atom. The SMILES string of the molecule is CCOC(=O)c1c(C)[nH]c(CN(Cc2ccccc2)C(=O)CC(C)C)c1C.